The molecule has 0 aliphatic heterocycles. The van der Waals surface area contributed by atoms with Crippen LogP contribution in [-0.2, 0) is 27.2 Å². The topological polar surface area (TPSA) is 121 Å². The first-order chi connectivity index (χ1) is 12.4. The number of benzene rings is 1. The molecule has 140 valence electrons. The van der Waals surface area contributed by atoms with E-state index in [0.717, 1.165) is 25.7 Å². The van der Waals surface area contributed by atoms with Crippen molar-refractivity contribution in [2.75, 3.05) is 0 Å². The zero-order chi connectivity index (χ0) is 19.1. The molecule has 0 bridgehead atoms. The molecule has 1 aromatic rings. The van der Waals surface area contributed by atoms with Gasteiger partial charge in [0.25, 0.3) is 0 Å². The Morgan fingerprint density at radius 3 is 2.31 bits per heavy atom. The van der Waals surface area contributed by atoms with E-state index in [9.17, 15) is 19.2 Å². The van der Waals surface area contributed by atoms with E-state index in [2.05, 4.69) is 5.32 Å². The lowest BCUT2D eigenvalue weighted by Gasteiger charge is -2.16. The standard InChI is InChI=1S/C19H23NO6/c21-16(14-6-5-12-3-1-2-4-13(12)11-14)8-9-17(22)20-15(19(25)26)7-10-18(23)24/h5-6,11,15H,1-4,7-10H2,(H,20,22)(H,23,24)(H,25,26)/t15-/m0/s1. The Labute approximate surface area is 151 Å². The normalized spacial score (nSPS) is 14.2. The average Bonchev–Trinajstić information content (AvgIpc) is 2.62. The van der Waals surface area contributed by atoms with E-state index in [0.29, 0.717) is 5.56 Å². The molecule has 1 aromatic carbocycles. The molecule has 7 nitrogen and oxygen atoms in total. The fourth-order valence-corrected chi connectivity index (χ4v) is 3.07. The van der Waals surface area contributed by atoms with E-state index < -0.39 is 23.9 Å². The van der Waals surface area contributed by atoms with Gasteiger partial charge in [0.15, 0.2) is 5.78 Å². The highest BCUT2D eigenvalue weighted by atomic mass is 16.4. The van der Waals surface area contributed by atoms with Crippen molar-refractivity contribution in [3.05, 3.63) is 34.9 Å². The van der Waals surface area contributed by atoms with Gasteiger partial charge in [-0.3, -0.25) is 14.4 Å². The molecule has 2 rings (SSSR count). The number of rotatable bonds is 9. The molecule has 1 atom stereocenters. The van der Waals surface area contributed by atoms with Crippen molar-refractivity contribution in [1.82, 2.24) is 5.32 Å². The number of fused-ring (bicyclic) bond motifs is 1. The van der Waals surface area contributed by atoms with Crippen molar-refractivity contribution in [3.63, 3.8) is 0 Å². The van der Waals surface area contributed by atoms with Crippen LogP contribution in [0.5, 0.6) is 0 Å². The number of carboxylic acid groups (broad SMARTS) is 2. The number of Topliss-reactive ketones (excluding diaryl/α,β-unsaturated/α-hetero) is 1. The number of aryl methyl sites for hydroxylation is 2. The summed E-state index contributed by atoms with van der Waals surface area (Å²) in [6.07, 6.45) is 3.55. The molecular formula is C19H23NO6. The Morgan fingerprint density at radius 2 is 1.65 bits per heavy atom. The lowest BCUT2D eigenvalue weighted by atomic mass is 9.89. The highest BCUT2D eigenvalue weighted by molar-refractivity contribution is 5.98. The van der Waals surface area contributed by atoms with Gasteiger partial charge in [0, 0.05) is 24.8 Å². The van der Waals surface area contributed by atoms with Gasteiger partial charge in [0.1, 0.15) is 6.04 Å². The lowest BCUT2D eigenvalue weighted by molar-refractivity contribution is -0.143. The fraction of sp³-hybridized carbons (Fsp3) is 0.474. The number of carboxylic acids is 2. The van der Waals surface area contributed by atoms with Crippen molar-refractivity contribution in [2.45, 2.75) is 57.4 Å². The number of nitrogens with one attached hydrogen (secondary N) is 1. The molecular weight excluding hydrogens is 338 g/mol. The van der Waals surface area contributed by atoms with E-state index >= 15 is 0 Å². The molecule has 26 heavy (non-hydrogen) atoms. The third kappa shape index (κ3) is 5.68. The Bertz CT molecular complexity index is 712. The molecule has 0 saturated heterocycles. The first kappa shape index (κ1) is 19.6. The zero-order valence-electron chi connectivity index (χ0n) is 14.5. The SMILES string of the molecule is O=C(O)CC[C@H](NC(=O)CCC(=O)c1ccc2c(c1)CCCC2)C(=O)O. The maximum absolute atomic E-state index is 12.3. The molecule has 1 aliphatic rings. The van der Waals surface area contributed by atoms with Gasteiger partial charge in [0.05, 0.1) is 0 Å². The molecule has 0 saturated carbocycles. The number of carbonyl (C=O) groups excluding carboxylic acids is 2. The Hall–Kier alpha value is -2.70. The van der Waals surface area contributed by atoms with Gasteiger partial charge >= 0.3 is 11.9 Å². The van der Waals surface area contributed by atoms with Crippen LogP contribution in [0.15, 0.2) is 18.2 Å². The second-order valence-corrected chi connectivity index (χ2v) is 6.50. The second-order valence-electron chi connectivity index (χ2n) is 6.50. The third-order valence-corrected chi connectivity index (χ3v) is 4.53. The maximum Gasteiger partial charge on any atom is 0.326 e. The maximum atomic E-state index is 12.3. The summed E-state index contributed by atoms with van der Waals surface area (Å²) in [4.78, 5) is 45.8. The minimum absolute atomic E-state index is 0.0180. The van der Waals surface area contributed by atoms with Crippen LogP contribution >= 0.6 is 0 Å². The van der Waals surface area contributed by atoms with Crippen molar-refractivity contribution in [2.24, 2.45) is 0 Å². The Kier molecular flexibility index (Phi) is 6.89. The highest BCUT2D eigenvalue weighted by Gasteiger charge is 2.21. The minimum Gasteiger partial charge on any atom is -0.481 e. The molecule has 1 amide bonds. The summed E-state index contributed by atoms with van der Waals surface area (Å²) in [7, 11) is 0. The van der Waals surface area contributed by atoms with Crippen LogP contribution in [-0.4, -0.2) is 39.9 Å². The van der Waals surface area contributed by atoms with Gasteiger partial charge in [-0.1, -0.05) is 12.1 Å². The molecule has 0 unspecified atom stereocenters. The van der Waals surface area contributed by atoms with Crippen molar-refractivity contribution >= 4 is 23.6 Å². The number of aliphatic carboxylic acids is 2. The van der Waals surface area contributed by atoms with Gasteiger partial charge in [0.2, 0.25) is 5.91 Å². The predicted octanol–water partition coefficient (Wildman–Crippen LogP) is 1.96. The zero-order valence-corrected chi connectivity index (χ0v) is 14.5. The van der Waals surface area contributed by atoms with Gasteiger partial charge in [-0.05, 0) is 49.3 Å². The lowest BCUT2D eigenvalue weighted by Crippen LogP contribution is -2.41. The Balaban J connectivity index is 1.86. The molecule has 1 aliphatic carbocycles. The smallest absolute Gasteiger partial charge is 0.326 e. The van der Waals surface area contributed by atoms with Crippen LogP contribution < -0.4 is 5.32 Å². The van der Waals surface area contributed by atoms with Crippen molar-refractivity contribution < 1.29 is 29.4 Å². The van der Waals surface area contributed by atoms with E-state index in [1.807, 2.05) is 12.1 Å². The van der Waals surface area contributed by atoms with E-state index in [-0.39, 0.29) is 31.5 Å². The first-order valence-electron chi connectivity index (χ1n) is 8.76. The van der Waals surface area contributed by atoms with E-state index in [1.54, 1.807) is 6.07 Å². The fourth-order valence-electron chi connectivity index (χ4n) is 3.07. The predicted molar refractivity (Wildman–Crippen MR) is 93.1 cm³/mol. The average molecular weight is 361 g/mol. The summed E-state index contributed by atoms with van der Waals surface area (Å²) >= 11 is 0. The third-order valence-electron chi connectivity index (χ3n) is 4.53. The number of hydrogen-bond acceptors (Lipinski definition) is 4. The molecule has 0 spiro atoms. The summed E-state index contributed by atoms with van der Waals surface area (Å²) in [5.74, 6) is -3.16. The first-order valence-corrected chi connectivity index (χ1v) is 8.76. The van der Waals surface area contributed by atoms with Crippen molar-refractivity contribution in [3.8, 4) is 0 Å². The van der Waals surface area contributed by atoms with Gasteiger partial charge in [-0.25, -0.2) is 4.79 Å². The molecule has 0 aromatic heterocycles. The molecule has 0 radical (unpaired) electrons. The monoisotopic (exact) mass is 361 g/mol. The summed E-state index contributed by atoms with van der Waals surface area (Å²) in [5, 5.41) is 19.9. The summed E-state index contributed by atoms with van der Waals surface area (Å²) in [6, 6.07) is 4.37. The number of carbonyl (C=O) groups is 4. The molecule has 0 fully saturated rings. The second kappa shape index (κ2) is 9.12. The molecule has 7 heteroatoms. The van der Waals surface area contributed by atoms with E-state index in [4.69, 9.17) is 10.2 Å². The quantitative estimate of drug-likeness (QED) is 0.578. The van der Waals surface area contributed by atoms with Crippen LogP contribution in [0.3, 0.4) is 0 Å². The van der Waals surface area contributed by atoms with Crippen LogP contribution in [0.4, 0.5) is 0 Å². The highest BCUT2D eigenvalue weighted by Crippen LogP contribution is 2.22. The van der Waals surface area contributed by atoms with Gasteiger partial charge in [-0.15, -0.1) is 0 Å². The van der Waals surface area contributed by atoms with Crippen LogP contribution in [0, 0.1) is 0 Å². The summed E-state index contributed by atoms with van der Waals surface area (Å²) < 4.78 is 0. The van der Waals surface area contributed by atoms with Crippen LogP contribution in [0.1, 0.15) is 60.0 Å². The van der Waals surface area contributed by atoms with Crippen LogP contribution in [0.25, 0.3) is 0 Å². The largest absolute Gasteiger partial charge is 0.481 e. The Morgan fingerprint density at radius 1 is 0.962 bits per heavy atom. The van der Waals surface area contributed by atoms with E-state index in [1.165, 1.54) is 11.1 Å². The molecule has 3 N–H and O–H groups in total. The van der Waals surface area contributed by atoms with Gasteiger partial charge in [-0.2, -0.15) is 0 Å². The number of hydrogen-bond donors (Lipinski definition) is 3. The number of amides is 1. The summed E-state index contributed by atoms with van der Waals surface area (Å²) in [6.45, 7) is 0. The van der Waals surface area contributed by atoms with Gasteiger partial charge < -0.3 is 15.5 Å². The number of ketones is 1. The molecule has 0 heterocycles. The minimum atomic E-state index is -1.29. The summed E-state index contributed by atoms with van der Waals surface area (Å²) in [5.41, 5.74) is 3.03. The van der Waals surface area contributed by atoms with Crippen LogP contribution in [0.2, 0.25) is 0 Å². The van der Waals surface area contributed by atoms with Crippen molar-refractivity contribution in [1.29, 1.82) is 0 Å².